The molecule has 1 unspecified atom stereocenters. The lowest BCUT2D eigenvalue weighted by molar-refractivity contribution is -0.136. The van der Waals surface area contributed by atoms with Gasteiger partial charge in [0.05, 0.1) is 5.92 Å². The number of nitrogens with zero attached hydrogens (tertiary/aromatic N) is 2. The van der Waals surface area contributed by atoms with Gasteiger partial charge in [-0.3, -0.25) is 4.79 Å². The van der Waals surface area contributed by atoms with Gasteiger partial charge in [-0.05, 0) is 36.1 Å². The average Bonchev–Trinajstić information content (AvgIpc) is 3.28. The molecule has 1 saturated heterocycles. The maximum atomic E-state index is 13.5. The number of likely N-dealkylation sites (tertiary alicyclic amines) is 1. The second-order valence-corrected chi connectivity index (χ2v) is 8.19. The van der Waals surface area contributed by atoms with Gasteiger partial charge in [-0.15, -0.1) is 0 Å². The van der Waals surface area contributed by atoms with Crippen LogP contribution in [0.2, 0.25) is 0 Å². The first-order valence-corrected chi connectivity index (χ1v) is 10.9. The molecule has 0 aromatic heterocycles. The predicted octanol–water partition coefficient (Wildman–Crippen LogP) is 4.78. The fourth-order valence-corrected chi connectivity index (χ4v) is 4.25. The number of benzene rings is 3. The zero-order valence-corrected chi connectivity index (χ0v) is 17.5. The molecule has 4 rings (SSSR count). The van der Waals surface area contributed by atoms with Crippen LogP contribution in [-0.4, -0.2) is 35.3 Å². The van der Waals surface area contributed by atoms with Crippen molar-refractivity contribution in [3.05, 3.63) is 108 Å². The number of carbonyl (C=O) groups excluding carboxylic acids is 1. The Morgan fingerprint density at radius 2 is 1.27 bits per heavy atom. The molecule has 154 valence electrons. The van der Waals surface area contributed by atoms with Crippen LogP contribution in [0.25, 0.3) is 0 Å². The number of rotatable bonds is 8. The molecule has 0 spiro atoms. The summed E-state index contributed by atoms with van der Waals surface area (Å²) in [5.41, 5.74) is 3.73. The Labute approximate surface area is 180 Å². The van der Waals surface area contributed by atoms with Crippen LogP contribution in [0.4, 0.5) is 0 Å². The highest BCUT2D eigenvalue weighted by atomic mass is 16.2. The van der Waals surface area contributed by atoms with Gasteiger partial charge in [0.15, 0.2) is 0 Å². The van der Waals surface area contributed by atoms with Crippen molar-refractivity contribution < 1.29 is 4.79 Å². The third-order valence-corrected chi connectivity index (χ3v) is 5.93. The van der Waals surface area contributed by atoms with Crippen LogP contribution in [0.5, 0.6) is 0 Å². The minimum atomic E-state index is 0.0909. The zero-order chi connectivity index (χ0) is 20.6. The molecular weight excluding hydrogens is 368 g/mol. The number of hydrogen-bond donors (Lipinski definition) is 0. The Morgan fingerprint density at radius 1 is 0.767 bits per heavy atom. The van der Waals surface area contributed by atoms with Crippen LogP contribution in [0.3, 0.4) is 0 Å². The molecule has 0 radical (unpaired) electrons. The van der Waals surface area contributed by atoms with Crippen LogP contribution in [0.15, 0.2) is 91.0 Å². The Kier molecular flexibility index (Phi) is 6.94. The fourth-order valence-electron chi connectivity index (χ4n) is 4.25. The summed E-state index contributed by atoms with van der Waals surface area (Å²) in [4.78, 5) is 18.0. The lowest BCUT2D eigenvalue weighted by atomic mass is 10.1. The first-order chi connectivity index (χ1) is 14.8. The van der Waals surface area contributed by atoms with E-state index >= 15 is 0 Å². The van der Waals surface area contributed by atoms with Gasteiger partial charge in [-0.2, -0.15) is 0 Å². The molecule has 0 saturated carbocycles. The molecule has 1 fully saturated rings. The summed E-state index contributed by atoms with van der Waals surface area (Å²) in [6.45, 7) is 4.22. The highest BCUT2D eigenvalue weighted by molar-refractivity contribution is 5.79. The van der Waals surface area contributed by atoms with E-state index in [0.29, 0.717) is 13.1 Å². The van der Waals surface area contributed by atoms with Crippen molar-refractivity contribution in [2.75, 3.05) is 19.6 Å². The van der Waals surface area contributed by atoms with Gasteiger partial charge in [0.2, 0.25) is 5.91 Å². The van der Waals surface area contributed by atoms with E-state index in [9.17, 15) is 4.79 Å². The zero-order valence-electron chi connectivity index (χ0n) is 17.5. The van der Waals surface area contributed by atoms with Crippen molar-refractivity contribution in [2.24, 2.45) is 5.92 Å². The van der Waals surface area contributed by atoms with Crippen LogP contribution in [0.1, 0.15) is 23.1 Å². The van der Waals surface area contributed by atoms with E-state index < -0.39 is 0 Å². The summed E-state index contributed by atoms with van der Waals surface area (Å²) in [5, 5.41) is 0. The summed E-state index contributed by atoms with van der Waals surface area (Å²) in [7, 11) is 0. The number of hydrogen-bond acceptors (Lipinski definition) is 2. The summed E-state index contributed by atoms with van der Waals surface area (Å²) >= 11 is 0. The van der Waals surface area contributed by atoms with Gasteiger partial charge < -0.3 is 9.80 Å². The quantitative estimate of drug-likeness (QED) is 0.545. The van der Waals surface area contributed by atoms with Gasteiger partial charge in [-0.25, -0.2) is 0 Å². The minimum Gasteiger partial charge on any atom is -0.334 e. The Morgan fingerprint density at radius 3 is 1.80 bits per heavy atom. The Balaban J connectivity index is 1.39. The van der Waals surface area contributed by atoms with Gasteiger partial charge in [0.1, 0.15) is 0 Å². The van der Waals surface area contributed by atoms with E-state index in [0.717, 1.165) is 32.5 Å². The third-order valence-electron chi connectivity index (χ3n) is 5.93. The average molecular weight is 399 g/mol. The molecule has 1 heterocycles. The van der Waals surface area contributed by atoms with Gasteiger partial charge in [0.25, 0.3) is 0 Å². The Hall–Kier alpha value is -2.91. The molecule has 1 atom stereocenters. The van der Waals surface area contributed by atoms with Crippen LogP contribution < -0.4 is 0 Å². The van der Waals surface area contributed by atoms with E-state index in [2.05, 4.69) is 59.5 Å². The smallest absolute Gasteiger partial charge is 0.227 e. The highest BCUT2D eigenvalue weighted by Crippen LogP contribution is 2.22. The van der Waals surface area contributed by atoms with Gasteiger partial charge in [0, 0.05) is 26.2 Å². The van der Waals surface area contributed by atoms with Crippen LogP contribution in [0, 0.1) is 5.92 Å². The van der Waals surface area contributed by atoms with E-state index in [1.54, 1.807) is 0 Å². The molecule has 1 aliphatic heterocycles. The molecule has 0 N–H and O–H groups in total. The van der Waals surface area contributed by atoms with Crippen molar-refractivity contribution >= 4 is 5.91 Å². The predicted molar refractivity (Wildman–Crippen MR) is 122 cm³/mol. The van der Waals surface area contributed by atoms with Crippen molar-refractivity contribution in [1.29, 1.82) is 0 Å². The van der Waals surface area contributed by atoms with Gasteiger partial charge in [-0.1, -0.05) is 91.0 Å². The second kappa shape index (κ2) is 10.2. The van der Waals surface area contributed by atoms with Crippen LogP contribution in [-0.2, 0) is 24.3 Å². The fraction of sp³-hybridized carbons (Fsp3) is 0.296. The number of carbonyl (C=O) groups is 1. The van der Waals surface area contributed by atoms with Crippen molar-refractivity contribution in [2.45, 2.75) is 25.9 Å². The first-order valence-electron chi connectivity index (χ1n) is 10.9. The van der Waals surface area contributed by atoms with E-state index in [1.165, 1.54) is 16.7 Å². The molecule has 0 aliphatic carbocycles. The maximum Gasteiger partial charge on any atom is 0.227 e. The maximum absolute atomic E-state index is 13.5. The molecule has 1 amide bonds. The second-order valence-electron chi connectivity index (χ2n) is 8.19. The van der Waals surface area contributed by atoms with E-state index in [1.807, 2.05) is 41.3 Å². The van der Waals surface area contributed by atoms with Crippen molar-refractivity contribution in [3.63, 3.8) is 0 Å². The normalized spacial score (nSPS) is 16.5. The molecular formula is C27H30N2O. The monoisotopic (exact) mass is 398 g/mol. The topological polar surface area (TPSA) is 23.6 Å². The van der Waals surface area contributed by atoms with Crippen molar-refractivity contribution in [3.8, 4) is 0 Å². The Bertz CT molecular complexity index is 870. The first kappa shape index (κ1) is 20.4. The SMILES string of the molecule is O=C(C1CCN(CCc2ccccc2)C1)N(Cc1ccccc1)Cc1ccccc1. The largest absolute Gasteiger partial charge is 0.334 e. The highest BCUT2D eigenvalue weighted by Gasteiger charge is 2.31. The summed E-state index contributed by atoms with van der Waals surface area (Å²) in [5.74, 6) is 0.373. The molecule has 1 aliphatic rings. The minimum absolute atomic E-state index is 0.0909. The molecule has 3 aromatic rings. The molecule has 3 nitrogen and oxygen atoms in total. The summed E-state index contributed by atoms with van der Waals surface area (Å²) in [6, 6.07) is 31.2. The number of amides is 1. The molecule has 30 heavy (non-hydrogen) atoms. The lowest BCUT2D eigenvalue weighted by Crippen LogP contribution is -2.37. The summed E-state index contributed by atoms with van der Waals surface area (Å²) in [6.07, 6.45) is 1.99. The lowest BCUT2D eigenvalue weighted by Gasteiger charge is -2.26. The summed E-state index contributed by atoms with van der Waals surface area (Å²) < 4.78 is 0. The van der Waals surface area contributed by atoms with Crippen LogP contribution >= 0.6 is 0 Å². The molecule has 3 heteroatoms. The third kappa shape index (κ3) is 5.58. The van der Waals surface area contributed by atoms with E-state index in [-0.39, 0.29) is 11.8 Å². The van der Waals surface area contributed by atoms with Gasteiger partial charge >= 0.3 is 0 Å². The standard InChI is InChI=1S/C27H30N2O/c30-27(26-17-19-28(22-26)18-16-23-10-4-1-5-11-23)29(20-24-12-6-2-7-13-24)21-25-14-8-3-9-15-25/h1-15,26H,16-22H2. The van der Waals surface area contributed by atoms with Crippen molar-refractivity contribution in [1.82, 2.24) is 9.80 Å². The molecule has 0 bridgehead atoms. The molecule has 3 aromatic carbocycles. The van der Waals surface area contributed by atoms with E-state index in [4.69, 9.17) is 0 Å².